The third kappa shape index (κ3) is 27.2. The van der Waals surface area contributed by atoms with Crippen molar-refractivity contribution in [2.45, 2.75) is 110 Å². The van der Waals surface area contributed by atoms with Gasteiger partial charge in [0.25, 0.3) is 10.1 Å². The van der Waals surface area contributed by atoms with Crippen LogP contribution in [0.5, 0.6) is 0 Å². The summed E-state index contributed by atoms with van der Waals surface area (Å²) < 4.78 is 29.7. The summed E-state index contributed by atoms with van der Waals surface area (Å²) in [6, 6.07) is 0. The largest absolute Gasteiger partial charge is 0.309 e. The van der Waals surface area contributed by atoms with Gasteiger partial charge in [0.2, 0.25) is 0 Å². The van der Waals surface area contributed by atoms with Crippen molar-refractivity contribution in [2.75, 3.05) is 18.8 Å². The van der Waals surface area contributed by atoms with E-state index in [0.29, 0.717) is 6.42 Å². The van der Waals surface area contributed by atoms with E-state index in [9.17, 15) is 13.2 Å². The van der Waals surface area contributed by atoms with Gasteiger partial charge in [0.15, 0.2) is 0 Å². The standard InChI is InChI=1S/C21H43NO4S.K/c1-2-3-4-5-6-7-8-9-10-11-12-13-14-15-16-17-21(23)20-22-18-19-27(24,25)26;/h22H,2-20H2,1H3,(H,24,25,26);. The molecule has 0 aromatic carbocycles. The molecule has 0 fully saturated rings. The molecule has 0 aromatic rings. The number of hydrogen-bond donors (Lipinski definition) is 2. The predicted octanol–water partition coefficient (Wildman–Crippen LogP) is 4.91. The molecule has 1 radical (unpaired) electrons. The van der Waals surface area contributed by atoms with Gasteiger partial charge in [0.05, 0.1) is 12.3 Å². The van der Waals surface area contributed by atoms with Gasteiger partial charge in [-0.3, -0.25) is 9.35 Å². The van der Waals surface area contributed by atoms with Gasteiger partial charge in [-0.05, 0) is 6.42 Å². The fourth-order valence-electron chi connectivity index (χ4n) is 3.21. The molecule has 7 heteroatoms. The van der Waals surface area contributed by atoms with Crippen LogP contribution in [0, 0.1) is 0 Å². The molecule has 0 aliphatic carbocycles. The second-order valence-electron chi connectivity index (χ2n) is 7.70. The summed E-state index contributed by atoms with van der Waals surface area (Å²) in [4.78, 5) is 11.6. The van der Waals surface area contributed by atoms with E-state index in [1.807, 2.05) is 0 Å². The Bertz CT molecular complexity index is 444. The Balaban J connectivity index is 0. The summed E-state index contributed by atoms with van der Waals surface area (Å²) >= 11 is 0. The Morgan fingerprint density at radius 3 is 1.54 bits per heavy atom. The maximum absolute atomic E-state index is 11.6. The maximum Gasteiger partial charge on any atom is 0.266 e. The van der Waals surface area contributed by atoms with Crippen LogP contribution in [-0.2, 0) is 14.9 Å². The van der Waals surface area contributed by atoms with E-state index in [4.69, 9.17) is 4.55 Å². The zero-order valence-corrected chi connectivity index (χ0v) is 22.5. The van der Waals surface area contributed by atoms with E-state index in [-0.39, 0.29) is 76.0 Å². The molecular formula is C21H43KNO4S. The van der Waals surface area contributed by atoms with E-state index in [1.54, 1.807) is 0 Å². The van der Waals surface area contributed by atoms with Gasteiger partial charge in [-0.1, -0.05) is 96.8 Å². The molecule has 0 saturated carbocycles. The first-order chi connectivity index (χ1) is 13.0. The van der Waals surface area contributed by atoms with E-state index < -0.39 is 10.1 Å². The average molecular weight is 445 g/mol. The second kappa shape index (κ2) is 22.9. The summed E-state index contributed by atoms with van der Waals surface area (Å²) in [6.45, 7) is 2.56. The van der Waals surface area contributed by atoms with Crippen LogP contribution in [0.25, 0.3) is 0 Å². The molecule has 0 atom stereocenters. The number of carbonyl (C=O) groups excluding carboxylic acids is 1. The van der Waals surface area contributed by atoms with Crippen LogP contribution in [0.15, 0.2) is 0 Å². The van der Waals surface area contributed by atoms with Crippen LogP contribution in [0.2, 0.25) is 0 Å². The predicted molar refractivity (Wildman–Crippen MR) is 120 cm³/mol. The molecule has 163 valence electrons. The van der Waals surface area contributed by atoms with E-state index in [1.165, 1.54) is 83.5 Å². The number of unbranched alkanes of at least 4 members (excludes halogenated alkanes) is 14. The normalized spacial score (nSPS) is 11.4. The first-order valence-corrected chi connectivity index (χ1v) is 12.7. The summed E-state index contributed by atoms with van der Waals surface area (Å²) in [5.74, 6) is -0.237. The van der Waals surface area contributed by atoms with Crippen LogP contribution in [0.3, 0.4) is 0 Å². The number of Topliss-reactive ketones (excluding diaryl/α,β-unsaturated/α-hetero) is 1. The minimum Gasteiger partial charge on any atom is -0.309 e. The van der Waals surface area contributed by atoms with Gasteiger partial charge in [0, 0.05) is 64.4 Å². The Kier molecular flexibility index (Phi) is 25.6. The number of rotatable bonds is 21. The van der Waals surface area contributed by atoms with Gasteiger partial charge in [-0.15, -0.1) is 0 Å². The first-order valence-electron chi connectivity index (χ1n) is 11.1. The smallest absolute Gasteiger partial charge is 0.266 e. The Morgan fingerprint density at radius 2 is 1.14 bits per heavy atom. The van der Waals surface area contributed by atoms with Gasteiger partial charge >= 0.3 is 0 Å². The number of carbonyl (C=O) groups is 1. The van der Waals surface area contributed by atoms with Crippen molar-refractivity contribution in [1.82, 2.24) is 5.32 Å². The van der Waals surface area contributed by atoms with Crippen molar-refractivity contribution in [3.05, 3.63) is 0 Å². The van der Waals surface area contributed by atoms with Gasteiger partial charge < -0.3 is 5.32 Å². The minimum atomic E-state index is -3.94. The van der Waals surface area contributed by atoms with Crippen molar-refractivity contribution in [3.63, 3.8) is 0 Å². The summed E-state index contributed by atoms with van der Waals surface area (Å²) in [7, 11) is -3.94. The first kappa shape index (κ1) is 31.4. The van der Waals surface area contributed by atoms with Crippen molar-refractivity contribution in [1.29, 1.82) is 0 Å². The SMILES string of the molecule is CCCCCCCCCCCCCCCCCC(=O)CNCCS(=O)(=O)O.[K]. The summed E-state index contributed by atoms with van der Waals surface area (Å²) in [6.07, 6.45) is 20.2. The fourth-order valence-corrected chi connectivity index (χ4v) is 3.61. The summed E-state index contributed by atoms with van der Waals surface area (Å²) in [5.41, 5.74) is 0. The maximum atomic E-state index is 11.6. The monoisotopic (exact) mass is 444 g/mol. The van der Waals surface area contributed by atoms with Crippen LogP contribution < -0.4 is 5.32 Å². The van der Waals surface area contributed by atoms with Crippen LogP contribution in [0.4, 0.5) is 0 Å². The fraction of sp³-hybridized carbons (Fsp3) is 0.952. The summed E-state index contributed by atoms with van der Waals surface area (Å²) in [5, 5.41) is 2.76. The van der Waals surface area contributed by atoms with Gasteiger partial charge in [0.1, 0.15) is 5.78 Å². The molecule has 0 heterocycles. The zero-order valence-electron chi connectivity index (χ0n) is 18.5. The Labute approximate surface area is 216 Å². The van der Waals surface area contributed by atoms with E-state index >= 15 is 0 Å². The molecule has 5 nitrogen and oxygen atoms in total. The topological polar surface area (TPSA) is 83.5 Å². The third-order valence-electron chi connectivity index (χ3n) is 4.92. The Morgan fingerprint density at radius 1 is 0.750 bits per heavy atom. The second-order valence-corrected chi connectivity index (χ2v) is 9.27. The number of nitrogens with one attached hydrogen (secondary N) is 1. The molecule has 0 unspecified atom stereocenters. The molecule has 0 aliphatic heterocycles. The molecule has 28 heavy (non-hydrogen) atoms. The van der Waals surface area contributed by atoms with Crippen LogP contribution in [0.1, 0.15) is 110 Å². The Hall–Kier alpha value is 1.18. The average Bonchev–Trinajstić information content (AvgIpc) is 2.61. The van der Waals surface area contributed by atoms with Crippen molar-refractivity contribution >= 4 is 67.3 Å². The quantitative estimate of drug-likeness (QED) is 0.149. The molecule has 0 bridgehead atoms. The molecule has 0 rings (SSSR count). The molecule has 0 aromatic heterocycles. The van der Waals surface area contributed by atoms with Crippen LogP contribution >= 0.6 is 0 Å². The van der Waals surface area contributed by atoms with Gasteiger partial charge in [-0.2, -0.15) is 8.42 Å². The van der Waals surface area contributed by atoms with Crippen molar-refractivity contribution < 1.29 is 17.8 Å². The van der Waals surface area contributed by atoms with E-state index in [0.717, 1.165) is 12.8 Å². The molecule has 0 spiro atoms. The van der Waals surface area contributed by atoms with Crippen LogP contribution in [-0.4, -0.2) is 89.0 Å². The number of ketones is 1. The van der Waals surface area contributed by atoms with Gasteiger partial charge in [-0.25, -0.2) is 0 Å². The molecule has 0 amide bonds. The number of hydrogen-bond acceptors (Lipinski definition) is 4. The van der Waals surface area contributed by atoms with Crippen molar-refractivity contribution in [3.8, 4) is 0 Å². The minimum absolute atomic E-state index is 0. The van der Waals surface area contributed by atoms with Crippen molar-refractivity contribution in [2.24, 2.45) is 0 Å². The zero-order chi connectivity index (χ0) is 20.2. The molecule has 0 aliphatic rings. The molecule has 0 saturated heterocycles. The molecule has 2 N–H and O–H groups in total. The molecular weight excluding hydrogens is 401 g/mol. The third-order valence-corrected chi connectivity index (χ3v) is 5.64. The van der Waals surface area contributed by atoms with E-state index in [2.05, 4.69) is 12.2 Å².